The minimum atomic E-state index is 0.190. The van der Waals surface area contributed by atoms with E-state index in [0.717, 1.165) is 16.9 Å². The van der Waals surface area contributed by atoms with E-state index in [0.29, 0.717) is 0 Å². The number of aromatic hydroxyl groups is 2. The van der Waals surface area contributed by atoms with Crippen LogP contribution in [-0.4, -0.2) is 19.6 Å². The van der Waals surface area contributed by atoms with E-state index in [1.807, 2.05) is 4.40 Å². The maximum absolute atomic E-state index is 9.48. The van der Waals surface area contributed by atoms with Crippen LogP contribution in [0.2, 0.25) is 0 Å². The fourth-order valence-electron chi connectivity index (χ4n) is 1.80. The number of aromatic nitrogens is 2. The predicted molar refractivity (Wildman–Crippen MR) is 64.0 cm³/mol. The molecule has 2 aromatic heterocycles. The summed E-state index contributed by atoms with van der Waals surface area (Å²) in [4.78, 5) is 4.31. The third-order valence-corrected chi connectivity index (χ3v) is 2.64. The van der Waals surface area contributed by atoms with Gasteiger partial charge in [0.25, 0.3) is 0 Å². The highest BCUT2D eigenvalue weighted by Crippen LogP contribution is 2.23. The van der Waals surface area contributed by atoms with E-state index in [9.17, 15) is 10.2 Å². The second-order valence-electron chi connectivity index (χ2n) is 3.81. The van der Waals surface area contributed by atoms with Gasteiger partial charge in [0.2, 0.25) is 0 Å². The zero-order valence-corrected chi connectivity index (χ0v) is 8.91. The van der Waals surface area contributed by atoms with Gasteiger partial charge in [0.1, 0.15) is 17.3 Å². The van der Waals surface area contributed by atoms with Gasteiger partial charge in [-0.1, -0.05) is 0 Å². The first-order chi connectivity index (χ1) is 8.24. The standard InChI is InChI=1S/C13H10N2O2/c16-11-4-1-9(2-5-11)13-14-7-10-3-6-12(17)8-15(10)13/h1-8,16-17H. The first-order valence-corrected chi connectivity index (χ1v) is 5.19. The molecule has 1 aromatic carbocycles. The molecule has 0 fully saturated rings. The lowest BCUT2D eigenvalue weighted by Gasteiger charge is -2.02. The summed E-state index contributed by atoms with van der Waals surface area (Å²) < 4.78 is 1.81. The fraction of sp³-hybridized carbons (Fsp3) is 0. The summed E-state index contributed by atoms with van der Waals surface area (Å²) in [7, 11) is 0. The smallest absolute Gasteiger partial charge is 0.144 e. The molecule has 0 radical (unpaired) electrons. The van der Waals surface area contributed by atoms with E-state index >= 15 is 0 Å². The van der Waals surface area contributed by atoms with Crippen molar-refractivity contribution in [2.24, 2.45) is 0 Å². The van der Waals surface area contributed by atoms with Crippen molar-refractivity contribution in [3.8, 4) is 22.9 Å². The lowest BCUT2D eigenvalue weighted by Crippen LogP contribution is -1.88. The van der Waals surface area contributed by atoms with Crippen LogP contribution in [-0.2, 0) is 0 Å². The molecule has 0 amide bonds. The third-order valence-electron chi connectivity index (χ3n) is 2.64. The number of nitrogens with zero attached hydrogens (tertiary/aromatic N) is 2. The molecule has 3 rings (SSSR count). The average Bonchev–Trinajstić information content (AvgIpc) is 2.73. The average molecular weight is 226 g/mol. The highest BCUT2D eigenvalue weighted by atomic mass is 16.3. The SMILES string of the molecule is Oc1ccc(-c2ncc3ccc(O)cn23)cc1. The molecule has 3 aromatic rings. The number of benzene rings is 1. The van der Waals surface area contributed by atoms with Gasteiger partial charge in [0.05, 0.1) is 17.9 Å². The minimum absolute atomic E-state index is 0.190. The minimum Gasteiger partial charge on any atom is -0.508 e. The normalized spacial score (nSPS) is 10.8. The van der Waals surface area contributed by atoms with Gasteiger partial charge in [-0.2, -0.15) is 0 Å². The zero-order chi connectivity index (χ0) is 11.8. The Labute approximate surface area is 97.4 Å². The summed E-state index contributed by atoms with van der Waals surface area (Å²) in [5.74, 6) is 1.14. The number of phenolic OH excluding ortho intramolecular Hbond substituents is 1. The van der Waals surface area contributed by atoms with E-state index in [1.54, 1.807) is 48.8 Å². The molecule has 0 unspecified atom stereocenters. The van der Waals surface area contributed by atoms with Crippen LogP contribution < -0.4 is 0 Å². The molecule has 0 spiro atoms. The van der Waals surface area contributed by atoms with Gasteiger partial charge < -0.3 is 10.2 Å². The van der Waals surface area contributed by atoms with E-state index in [4.69, 9.17) is 0 Å². The van der Waals surface area contributed by atoms with Gasteiger partial charge in [-0.05, 0) is 36.4 Å². The van der Waals surface area contributed by atoms with Crippen LogP contribution >= 0.6 is 0 Å². The van der Waals surface area contributed by atoms with Gasteiger partial charge in [0.15, 0.2) is 0 Å². The van der Waals surface area contributed by atoms with Crippen LogP contribution in [0.25, 0.3) is 16.9 Å². The van der Waals surface area contributed by atoms with E-state index in [-0.39, 0.29) is 11.5 Å². The zero-order valence-electron chi connectivity index (χ0n) is 8.91. The second-order valence-corrected chi connectivity index (χ2v) is 3.81. The van der Waals surface area contributed by atoms with Crippen molar-refractivity contribution in [3.63, 3.8) is 0 Å². The molecule has 0 aliphatic rings. The molecular weight excluding hydrogens is 216 g/mol. The van der Waals surface area contributed by atoms with Crippen LogP contribution in [0, 0.1) is 0 Å². The van der Waals surface area contributed by atoms with Crippen LogP contribution in [0.1, 0.15) is 0 Å². The van der Waals surface area contributed by atoms with Crippen molar-refractivity contribution in [3.05, 3.63) is 48.8 Å². The maximum Gasteiger partial charge on any atom is 0.144 e. The molecule has 4 nitrogen and oxygen atoms in total. The quantitative estimate of drug-likeness (QED) is 0.670. The first kappa shape index (κ1) is 9.72. The molecule has 0 saturated heterocycles. The molecule has 17 heavy (non-hydrogen) atoms. The van der Waals surface area contributed by atoms with Crippen LogP contribution in [0.3, 0.4) is 0 Å². The lowest BCUT2D eigenvalue weighted by molar-refractivity contribution is 0.472. The van der Waals surface area contributed by atoms with Crippen molar-refractivity contribution >= 4 is 5.52 Å². The molecule has 0 aliphatic heterocycles. The number of fused-ring (bicyclic) bond motifs is 1. The predicted octanol–water partition coefficient (Wildman–Crippen LogP) is 2.41. The summed E-state index contributed by atoms with van der Waals surface area (Å²) >= 11 is 0. The van der Waals surface area contributed by atoms with Crippen molar-refractivity contribution in [2.75, 3.05) is 0 Å². The van der Waals surface area contributed by atoms with Crippen molar-refractivity contribution in [1.29, 1.82) is 0 Å². The van der Waals surface area contributed by atoms with Gasteiger partial charge in [-0.25, -0.2) is 4.98 Å². The number of hydrogen-bond donors (Lipinski definition) is 2. The fourth-order valence-corrected chi connectivity index (χ4v) is 1.80. The summed E-state index contributed by atoms with van der Waals surface area (Å²) in [6.07, 6.45) is 3.35. The largest absolute Gasteiger partial charge is 0.508 e. The van der Waals surface area contributed by atoms with Gasteiger partial charge in [-0.15, -0.1) is 0 Å². The Morgan fingerprint density at radius 1 is 0.882 bits per heavy atom. The molecular formula is C13H10N2O2. The summed E-state index contributed by atoms with van der Waals surface area (Å²) in [5, 5.41) is 18.7. The van der Waals surface area contributed by atoms with E-state index in [2.05, 4.69) is 4.98 Å². The Hall–Kier alpha value is -2.49. The molecule has 4 heteroatoms. The van der Waals surface area contributed by atoms with Gasteiger partial charge in [0, 0.05) is 5.56 Å². The van der Waals surface area contributed by atoms with Gasteiger partial charge in [-0.3, -0.25) is 4.40 Å². The van der Waals surface area contributed by atoms with Crippen LogP contribution in [0.5, 0.6) is 11.5 Å². The van der Waals surface area contributed by atoms with Crippen molar-refractivity contribution in [2.45, 2.75) is 0 Å². The first-order valence-electron chi connectivity index (χ1n) is 5.19. The molecule has 2 N–H and O–H groups in total. The topological polar surface area (TPSA) is 57.8 Å². The molecule has 0 atom stereocenters. The molecule has 0 bridgehead atoms. The Morgan fingerprint density at radius 3 is 2.35 bits per heavy atom. The third kappa shape index (κ3) is 1.59. The summed E-state index contributed by atoms with van der Waals surface area (Å²) in [6, 6.07) is 10.2. The highest BCUT2D eigenvalue weighted by molar-refractivity contribution is 5.63. The number of hydrogen-bond acceptors (Lipinski definition) is 3. The van der Waals surface area contributed by atoms with Crippen LogP contribution in [0.15, 0.2) is 48.8 Å². The molecule has 2 heterocycles. The van der Waals surface area contributed by atoms with Crippen molar-refractivity contribution < 1.29 is 10.2 Å². The number of pyridine rings is 1. The second kappa shape index (κ2) is 3.52. The molecule has 0 saturated carbocycles. The lowest BCUT2D eigenvalue weighted by atomic mass is 10.2. The Morgan fingerprint density at radius 2 is 1.59 bits per heavy atom. The van der Waals surface area contributed by atoms with Crippen LogP contribution in [0.4, 0.5) is 0 Å². The Bertz CT molecular complexity index is 671. The van der Waals surface area contributed by atoms with E-state index in [1.165, 1.54) is 0 Å². The molecule has 0 aliphatic carbocycles. The number of rotatable bonds is 1. The van der Waals surface area contributed by atoms with Crippen molar-refractivity contribution in [1.82, 2.24) is 9.38 Å². The molecule has 84 valence electrons. The Balaban J connectivity index is 2.23. The maximum atomic E-state index is 9.48. The Kier molecular flexibility index (Phi) is 2.01. The monoisotopic (exact) mass is 226 g/mol. The number of imidazole rings is 1. The highest BCUT2D eigenvalue weighted by Gasteiger charge is 2.06. The van der Waals surface area contributed by atoms with Gasteiger partial charge >= 0.3 is 0 Å². The summed E-state index contributed by atoms with van der Waals surface area (Å²) in [5.41, 5.74) is 1.79. The summed E-state index contributed by atoms with van der Waals surface area (Å²) in [6.45, 7) is 0. The van der Waals surface area contributed by atoms with E-state index < -0.39 is 0 Å². The number of phenols is 1.